The maximum atomic E-state index is 9.22. The number of ether oxygens (including phenoxy) is 1. The molecule has 0 aliphatic heterocycles. The van der Waals surface area contributed by atoms with Gasteiger partial charge in [-0.2, -0.15) is 0 Å². The van der Waals surface area contributed by atoms with Gasteiger partial charge in [-0.05, 0) is 30.5 Å². The van der Waals surface area contributed by atoms with Crippen LogP contribution in [-0.4, -0.2) is 48.0 Å². The summed E-state index contributed by atoms with van der Waals surface area (Å²) < 4.78 is 5.29. The van der Waals surface area contributed by atoms with Gasteiger partial charge in [0.2, 0.25) is 0 Å². The van der Waals surface area contributed by atoms with E-state index < -0.39 is 0 Å². The highest BCUT2D eigenvalue weighted by Crippen LogP contribution is 2.27. The Labute approximate surface area is 126 Å². The number of rotatable bonds is 6. The van der Waals surface area contributed by atoms with Crippen LogP contribution in [0.25, 0.3) is 0 Å². The zero-order valence-corrected chi connectivity index (χ0v) is 12.5. The molecule has 1 aliphatic rings. The predicted molar refractivity (Wildman–Crippen MR) is 82.1 cm³/mol. The Morgan fingerprint density at radius 3 is 2.71 bits per heavy atom. The molecular weight excluding hydrogens is 266 g/mol. The van der Waals surface area contributed by atoms with E-state index in [0.29, 0.717) is 12.6 Å². The van der Waals surface area contributed by atoms with Crippen molar-refractivity contribution in [3.05, 3.63) is 29.3 Å². The number of aliphatic hydroxyl groups excluding tert-OH is 2. The highest BCUT2D eigenvalue weighted by Gasteiger charge is 2.24. The Kier molecular flexibility index (Phi) is 6.06. The molecule has 0 atom stereocenters. The first kappa shape index (κ1) is 15.8. The summed E-state index contributed by atoms with van der Waals surface area (Å²) in [5.74, 6) is 6.31. The molecule has 0 amide bonds. The molecule has 4 heteroatoms. The Morgan fingerprint density at radius 1 is 1.33 bits per heavy atom. The van der Waals surface area contributed by atoms with Gasteiger partial charge in [-0.15, -0.1) is 0 Å². The summed E-state index contributed by atoms with van der Waals surface area (Å²) in [5, 5.41) is 18.1. The molecule has 4 nitrogen and oxygen atoms in total. The summed E-state index contributed by atoms with van der Waals surface area (Å²) in [7, 11) is 1.62. The van der Waals surface area contributed by atoms with E-state index in [1.807, 2.05) is 18.2 Å². The number of nitrogens with zero attached hydrogens (tertiary/aromatic N) is 1. The number of hydrogen-bond donors (Lipinski definition) is 2. The van der Waals surface area contributed by atoms with Gasteiger partial charge in [-0.1, -0.05) is 24.3 Å². The molecule has 21 heavy (non-hydrogen) atoms. The third-order valence-corrected chi connectivity index (χ3v) is 3.93. The van der Waals surface area contributed by atoms with Gasteiger partial charge in [-0.25, -0.2) is 0 Å². The lowest BCUT2D eigenvalue weighted by Crippen LogP contribution is -2.41. The molecule has 0 saturated heterocycles. The minimum absolute atomic E-state index is 0.161. The summed E-state index contributed by atoms with van der Waals surface area (Å²) in [6, 6.07) is 6.54. The molecule has 1 aromatic rings. The zero-order chi connectivity index (χ0) is 15.1. The van der Waals surface area contributed by atoms with Crippen LogP contribution in [0.15, 0.2) is 18.2 Å². The van der Waals surface area contributed by atoms with Gasteiger partial charge in [0.1, 0.15) is 12.4 Å². The van der Waals surface area contributed by atoms with Crippen LogP contribution in [0, 0.1) is 11.8 Å². The first-order valence-electron chi connectivity index (χ1n) is 7.40. The molecule has 0 bridgehead atoms. The van der Waals surface area contributed by atoms with E-state index in [-0.39, 0.29) is 13.2 Å². The van der Waals surface area contributed by atoms with Crippen LogP contribution >= 0.6 is 0 Å². The second-order valence-electron chi connectivity index (χ2n) is 5.27. The van der Waals surface area contributed by atoms with Crippen molar-refractivity contribution in [3.8, 4) is 17.6 Å². The summed E-state index contributed by atoms with van der Waals surface area (Å²) in [4.78, 5) is 2.33. The van der Waals surface area contributed by atoms with Crippen molar-refractivity contribution in [2.45, 2.75) is 31.8 Å². The molecule has 1 aliphatic carbocycles. The fraction of sp³-hybridized carbons (Fsp3) is 0.529. The maximum Gasteiger partial charge on any atom is 0.134 e. The highest BCUT2D eigenvalue weighted by atomic mass is 16.5. The van der Waals surface area contributed by atoms with Crippen molar-refractivity contribution in [1.29, 1.82) is 0 Å². The van der Waals surface area contributed by atoms with Gasteiger partial charge in [0, 0.05) is 19.1 Å². The lowest BCUT2D eigenvalue weighted by molar-refractivity contribution is 0.0945. The predicted octanol–water partition coefficient (Wildman–Crippen LogP) is 1.39. The fourth-order valence-electron chi connectivity index (χ4n) is 2.59. The number of aliphatic hydroxyl groups is 2. The van der Waals surface area contributed by atoms with E-state index in [2.05, 4.69) is 16.7 Å². The van der Waals surface area contributed by atoms with Crippen molar-refractivity contribution >= 4 is 0 Å². The quantitative estimate of drug-likeness (QED) is 0.777. The largest absolute Gasteiger partial charge is 0.495 e. The molecule has 0 radical (unpaired) electrons. The zero-order valence-electron chi connectivity index (χ0n) is 12.5. The van der Waals surface area contributed by atoms with Gasteiger partial charge < -0.3 is 14.9 Å². The fourth-order valence-corrected chi connectivity index (χ4v) is 2.59. The lowest BCUT2D eigenvalue weighted by Gasteiger charge is -2.37. The van der Waals surface area contributed by atoms with Crippen LogP contribution in [0.1, 0.15) is 30.4 Å². The SMILES string of the molecule is COc1ccc(CN(CCO)C2CCC2)cc1C#CCO. The van der Waals surface area contributed by atoms with Gasteiger partial charge >= 0.3 is 0 Å². The van der Waals surface area contributed by atoms with Crippen LogP contribution in [0.4, 0.5) is 0 Å². The van der Waals surface area contributed by atoms with Gasteiger partial charge in [0.25, 0.3) is 0 Å². The standard InChI is InChI=1S/C17H23NO3/c1-21-17-8-7-14(12-15(17)4-3-10-19)13-18(9-11-20)16-5-2-6-16/h7-8,12,16,19-20H,2,5-6,9-11,13H2,1H3. The van der Waals surface area contributed by atoms with Crippen LogP contribution in [0.5, 0.6) is 5.75 Å². The second-order valence-corrected chi connectivity index (χ2v) is 5.27. The van der Waals surface area contributed by atoms with E-state index in [0.717, 1.165) is 23.4 Å². The molecule has 114 valence electrons. The van der Waals surface area contributed by atoms with E-state index in [4.69, 9.17) is 9.84 Å². The first-order chi connectivity index (χ1) is 10.3. The average molecular weight is 289 g/mol. The Balaban J connectivity index is 2.14. The topological polar surface area (TPSA) is 52.9 Å². The number of benzene rings is 1. The highest BCUT2D eigenvalue weighted by molar-refractivity contribution is 5.48. The normalized spacial score (nSPS) is 14.5. The molecule has 0 spiro atoms. The van der Waals surface area contributed by atoms with Crippen LogP contribution in [0.3, 0.4) is 0 Å². The summed E-state index contributed by atoms with van der Waals surface area (Å²) in [6.07, 6.45) is 3.71. The minimum atomic E-state index is -0.161. The molecule has 0 unspecified atom stereocenters. The van der Waals surface area contributed by atoms with Crippen molar-refractivity contribution in [3.63, 3.8) is 0 Å². The third-order valence-electron chi connectivity index (χ3n) is 3.93. The van der Waals surface area contributed by atoms with E-state index in [1.165, 1.54) is 19.3 Å². The van der Waals surface area contributed by atoms with Gasteiger partial charge in [0.05, 0.1) is 19.3 Å². The average Bonchev–Trinajstić information content (AvgIpc) is 2.43. The molecule has 2 rings (SSSR count). The minimum Gasteiger partial charge on any atom is -0.495 e. The summed E-state index contributed by atoms with van der Waals surface area (Å²) >= 11 is 0. The number of hydrogen-bond acceptors (Lipinski definition) is 4. The molecule has 0 aromatic heterocycles. The molecule has 1 fully saturated rings. The Bertz CT molecular complexity index is 515. The van der Waals surface area contributed by atoms with E-state index in [9.17, 15) is 5.11 Å². The Hall–Kier alpha value is -1.54. The van der Waals surface area contributed by atoms with Crippen LogP contribution in [0.2, 0.25) is 0 Å². The van der Waals surface area contributed by atoms with Gasteiger partial charge in [0.15, 0.2) is 0 Å². The molecule has 0 heterocycles. The maximum absolute atomic E-state index is 9.22. The second kappa shape index (κ2) is 8.04. The van der Waals surface area contributed by atoms with Crippen LogP contribution in [-0.2, 0) is 6.54 Å². The molecule has 2 N–H and O–H groups in total. The summed E-state index contributed by atoms with van der Waals surface area (Å²) in [5.41, 5.74) is 1.94. The van der Waals surface area contributed by atoms with E-state index >= 15 is 0 Å². The third kappa shape index (κ3) is 4.21. The first-order valence-corrected chi connectivity index (χ1v) is 7.40. The lowest BCUT2D eigenvalue weighted by atomic mass is 9.91. The van der Waals surface area contributed by atoms with E-state index in [1.54, 1.807) is 7.11 Å². The van der Waals surface area contributed by atoms with Gasteiger partial charge in [-0.3, -0.25) is 4.90 Å². The van der Waals surface area contributed by atoms with Crippen molar-refractivity contribution in [2.24, 2.45) is 0 Å². The molecular formula is C17H23NO3. The Morgan fingerprint density at radius 2 is 2.14 bits per heavy atom. The van der Waals surface area contributed by atoms with Crippen molar-refractivity contribution in [2.75, 3.05) is 26.9 Å². The molecule has 1 saturated carbocycles. The van der Waals surface area contributed by atoms with Crippen LogP contribution < -0.4 is 4.74 Å². The van der Waals surface area contributed by atoms with Crippen molar-refractivity contribution in [1.82, 2.24) is 4.90 Å². The van der Waals surface area contributed by atoms with Crippen molar-refractivity contribution < 1.29 is 14.9 Å². The number of methoxy groups -OCH3 is 1. The molecule has 1 aromatic carbocycles. The smallest absolute Gasteiger partial charge is 0.134 e. The monoisotopic (exact) mass is 289 g/mol. The summed E-state index contributed by atoms with van der Waals surface area (Å²) in [6.45, 7) is 1.54.